The molecule has 0 unspecified atom stereocenters. The molecule has 4 rings (SSSR count). The minimum absolute atomic E-state index is 0.105. The lowest BCUT2D eigenvalue weighted by Crippen LogP contribution is -2.55. The number of hydrogen-bond donors (Lipinski definition) is 0. The Labute approximate surface area is 241 Å². The van der Waals surface area contributed by atoms with Gasteiger partial charge in [0.15, 0.2) is 5.65 Å². The number of amides is 1. The molecule has 1 amide bonds. The number of halogens is 3. The lowest BCUT2D eigenvalue weighted by atomic mass is 9.98. The first-order chi connectivity index (χ1) is 17.7. The summed E-state index contributed by atoms with van der Waals surface area (Å²) in [5, 5.41) is 0.978. The van der Waals surface area contributed by atoms with E-state index in [1.54, 1.807) is 11.0 Å². The van der Waals surface area contributed by atoms with Crippen LogP contribution in [0, 0.1) is 6.92 Å². The van der Waals surface area contributed by atoms with Gasteiger partial charge in [-0.05, 0) is 69.9 Å². The van der Waals surface area contributed by atoms with Crippen LogP contribution in [0.3, 0.4) is 0 Å². The molecule has 1 aliphatic heterocycles. The molecule has 0 spiro atoms. The molecule has 3 aromatic rings. The van der Waals surface area contributed by atoms with Gasteiger partial charge in [0.25, 0.3) is 0 Å². The summed E-state index contributed by atoms with van der Waals surface area (Å²) in [4.78, 5) is 39.2. The summed E-state index contributed by atoms with van der Waals surface area (Å²) in [5.41, 5.74) is 1.93. The first kappa shape index (κ1) is 28.6. The predicted octanol–water partition coefficient (Wildman–Crippen LogP) is 6.73. The Bertz CT molecular complexity index is 1470. The minimum Gasteiger partial charge on any atom is -0.444 e. The molecule has 0 saturated carbocycles. The number of carbonyl (C=O) groups excluding carboxylic acids is 1. The van der Waals surface area contributed by atoms with Crippen LogP contribution in [-0.2, 0) is 4.74 Å². The number of pyridine rings is 1. The highest BCUT2D eigenvalue weighted by atomic mass is 79.9. The molecule has 8 nitrogen and oxygen atoms in total. The van der Waals surface area contributed by atoms with E-state index in [-0.39, 0.29) is 28.2 Å². The molecule has 204 valence electrons. The lowest BCUT2D eigenvalue weighted by Gasteiger charge is -2.41. The third-order valence-electron chi connectivity index (χ3n) is 6.45. The Balaban J connectivity index is 1.86. The van der Waals surface area contributed by atoms with Gasteiger partial charge in [0, 0.05) is 30.1 Å². The van der Waals surface area contributed by atoms with E-state index >= 15 is 0 Å². The Hall–Kier alpha value is -2.36. The van der Waals surface area contributed by atoms with Gasteiger partial charge in [0.05, 0.1) is 16.1 Å². The standard InChI is InChI=1S/C27H32BrCl2N5O3/c1-14(2)18-11-17(28)10-15(3)21(18)35-24-19(12-20(29)22(30)31-24)23(32-25(35)36)34-9-8-33(13-16(34)4)26(37)38-27(5,6)7/h10-12,14,16H,8-9,13H2,1-7H3/t16-/m0/s1. The van der Waals surface area contributed by atoms with E-state index in [0.29, 0.717) is 36.5 Å². The molecule has 1 fully saturated rings. The SMILES string of the molecule is Cc1cc(Br)cc(C(C)C)c1-n1c(=O)nc(N2CCN(C(=O)OC(C)(C)C)C[C@@H]2C)c2cc(Cl)c(Cl)nc21. The fraction of sp³-hybridized carbons (Fsp3) is 0.481. The van der Waals surface area contributed by atoms with Crippen molar-refractivity contribution in [3.8, 4) is 5.69 Å². The molecule has 11 heteroatoms. The molecule has 0 bridgehead atoms. The van der Waals surface area contributed by atoms with Gasteiger partial charge in [-0.2, -0.15) is 4.98 Å². The van der Waals surface area contributed by atoms with Crippen LogP contribution in [0.5, 0.6) is 0 Å². The smallest absolute Gasteiger partial charge is 0.410 e. The predicted molar refractivity (Wildman–Crippen MR) is 156 cm³/mol. The third-order valence-corrected chi connectivity index (χ3v) is 7.58. The van der Waals surface area contributed by atoms with Crippen molar-refractivity contribution in [2.45, 2.75) is 66.0 Å². The van der Waals surface area contributed by atoms with Crippen molar-refractivity contribution >= 4 is 62.1 Å². The molecule has 1 atom stereocenters. The highest BCUT2D eigenvalue weighted by Crippen LogP contribution is 2.35. The summed E-state index contributed by atoms with van der Waals surface area (Å²) in [5.74, 6) is 0.594. The summed E-state index contributed by atoms with van der Waals surface area (Å²) in [7, 11) is 0. The number of fused-ring (bicyclic) bond motifs is 1. The van der Waals surface area contributed by atoms with Gasteiger partial charge < -0.3 is 14.5 Å². The van der Waals surface area contributed by atoms with Crippen molar-refractivity contribution in [1.29, 1.82) is 0 Å². The minimum atomic E-state index is -0.582. The lowest BCUT2D eigenvalue weighted by molar-refractivity contribution is 0.0218. The molecule has 38 heavy (non-hydrogen) atoms. The topological polar surface area (TPSA) is 80.6 Å². The zero-order valence-corrected chi connectivity index (χ0v) is 25.7. The first-order valence-corrected chi connectivity index (χ1v) is 14.1. The Morgan fingerprint density at radius 2 is 1.84 bits per heavy atom. The molecule has 1 aromatic carbocycles. The number of hydrogen-bond acceptors (Lipinski definition) is 6. The number of aryl methyl sites for hydroxylation is 1. The van der Waals surface area contributed by atoms with Crippen LogP contribution in [0.1, 0.15) is 58.6 Å². The maximum absolute atomic E-state index is 13.8. The largest absolute Gasteiger partial charge is 0.444 e. The first-order valence-electron chi connectivity index (χ1n) is 12.5. The zero-order chi connectivity index (χ0) is 28.1. The highest BCUT2D eigenvalue weighted by Gasteiger charge is 2.32. The number of ether oxygens (including phenoxy) is 1. The van der Waals surface area contributed by atoms with Gasteiger partial charge in [0.2, 0.25) is 0 Å². The van der Waals surface area contributed by atoms with Gasteiger partial charge in [-0.25, -0.2) is 19.1 Å². The molecular weight excluding hydrogens is 593 g/mol. The number of rotatable bonds is 3. The highest BCUT2D eigenvalue weighted by molar-refractivity contribution is 9.10. The summed E-state index contributed by atoms with van der Waals surface area (Å²) in [6, 6.07) is 5.54. The average molecular weight is 625 g/mol. The van der Waals surface area contributed by atoms with Gasteiger partial charge in [-0.3, -0.25) is 0 Å². The van der Waals surface area contributed by atoms with Gasteiger partial charge in [-0.1, -0.05) is 53.0 Å². The van der Waals surface area contributed by atoms with E-state index in [0.717, 1.165) is 21.3 Å². The normalized spacial score (nSPS) is 16.4. The molecule has 1 saturated heterocycles. The summed E-state index contributed by atoms with van der Waals surface area (Å²) in [6.07, 6.45) is -0.361. The Kier molecular flexibility index (Phi) is 8.04. The zero-order valence-electron chi connectivity index (χ0n) is 22.6. The Morgan fingerprint density at radius 3 is 2.45 bits per heavy atom. The van der Waals surface area contributed by atoms with Crippen LogP contribution in [0.2, 0.25) is 10.2 Å². The second-order valence-electron chi connectivity index (χ2n) is 11.0. The summed E-state index contributed by atoms with van der Waals surface area (Å²) in [6.45, 7) is 14.9. The maximum atomic E-state index is 13.8. The second-order valence-corrected chi connectivity index (χ2v) is 12.7. The van der Waals surface area contributed by atoms with E-state index in [9.17, 15) is 9.59 Å². The number of anilines is 1. The van der Waals surface area contributed by atoms with Crippen LogP contribution >= 0.6 is 39.1 Å². The monoisotopic (exact) mass is 623 g/mol. The molecular formula is C27H32BrCl2N5O3. The quantitative estimate of drug-likeness (QED) is 0.301. The molecule has 1 aliphatic rings. The van der Waals surface area contributed by atoms with E-state index in [4.69, 9.17) is 27.9 Å². The van der Waals surface area contributed by atoms with Crippen molar-refractivity contribution in [3.63, 3.8) is 0 Å². The van der Waals surface area contributed by atoms with E-state index in [1.807, 2.05) is 51.7 Å². The van der Waals surface area contributed by atoms with Crippen molar-refractivity contribution in [3.05, 3.63) is 54.5 Å². The molecule has 0 aliphatic carbocycles. The number of piperazine rings is 1. The Morgan fingerprint density at radius 1 is 1.16 bits per heavy atom. The maximum Gasteiger partial charge on any atom is 0.410 e. The molecule has 3 heterocycles. The van der Waals surface area contributed by atoms with Gasteiger partial charge >= 0.3 is 11.8 Å². The van der Waals surface area contributed by atoms with Crippen LogP contribution in [-0.4, -0.2) is 56.8 Å². The van der Waals surface area contributed by atoms with Gasteiger partial charge in [-0.15, -0.1) is 0 Å². The van der Waals surface area contributed by atoms with Crippen LogP contribution in [0.15, 0.2) is 27.5 Å². The van der Waals surface area contributed by atoms with Gasteiger partial charge in [0.1, 0.15) is 16.6 Å². The third kappa shape index (κ3) is 5.65. The van der Waals surface area contributed by atoms with Crippen molar-refractivity contribution in [2.75, 3.05) is 24.5 Å². The van der Waals surface area contributed by atoms with E-state index in [1.165, 1.54) is 4.57 Å². The van der Waals surface area contributed by atoms with E-state index < -0.39 is 11.3 Å². The summed E-state index contributed by atoms with van der Waals surface area (Å²) >= 11 is 16.4. The van der Waals surface area contributed by atoms with Crippen LogP contribution in [0.4, 0.5) is 10.6 Å². The van der Waals surface area contributed by atoms with Crippen molar-refractivity contribution in [1.82, 2.24) is 19.4 Å². The van der Waals surface area contributed by atoms with Crippen LogP contribution in [0.25, 0.3) is 16.7 Å². The van der Waals surface area contributed by atoms with Crippen molar-refractivity contribution < 1.29 is 9.53 Å². The molecule has 0 radical (unpaired) electrons. The number of aromatic nitrogens is 3. The molecule has 2 aromatic heterocycles. The fourth-order valence-corrected chi connectivity index (χ4v) is 5.65. The average Bonchev–Trinajstić information content (AvgIpc) is 2.79. The fourth-order valence-electron chi connectivity index (χ4n) is 4.78. The summed E-state index contributed by atoms with van der Waals surface area (Å²) < 4.78 is 8.01. The number of nitrogens with zero attached hydrogens (tertiary/aromatic N) is 5. The number of carbonyl (C=O) groups is 1. The van der Waals surface area contributed by atoms with Crippen LogP contribution < -0.4 is 10.6 Å². The van der Waals surface area contributed by atoms with E-state index in [2.05, 4.69) is 39.7 Å². The molecule has 0 N–H and O–H groups in total. The number of benzene rings is 1. The second kappa shape index (κ2) is 10.7. The van der Waals surface area contributed by atoms with Crippen molar-refractivity contribution in [2.24, 2.45) is 0 Å².